The molecule has 1 rings (SSSR count). The Bertz CT molecular complexity index is 593. The largest absolute Gasteiger partial charge is 0.383 e. The fourth-order valence-corrected chi connectivity index (χ4v) is 2.69. The molecular weight excluding hydrogens is 280 g/mol. The van der Waals surface area contributed by atoms with Gasteiger partial charge in [-0.25, -0.2) is 4.79 Å². The molecule has 114 valence electrons. The van der Waals surface area contributed by atoms with Crippen LogP contribution in [0.3, 0.4) is 0 Å². The van der Waals surface area contributed by atoms with Gasteiger partial charge in [-0.1, -0.05) is 13.3 Å². The Morgan fingerprint density at radius 2 is 2.10 bits per heavy atom. The Balaban J connectivity index is 3.10. The van der Waals surface area contributed by atoms with Gasteiger partial charge in [-0.15, -0.1) is 0 Å². The smallest absolute Gasteiger partial charge is 0.330 e. The Morgan fingerprint density at radius 3 is 2.65 bits per heavy atom. The molecule has 2 atom stereocenters. The molecule has 0 saturated carbocycles. The van der Waals surface area contributed by atoms with E-state index < -0.39 is 22.0 Å². The van der Waals surface area contributed by atoms with Crippen molar-refractivity contribution in [3.8, 4) is 0 Å². The number of anilines is 2. The normalized spacial score (nSPS) is 13.9. The molecule has 0 radical (unpaired) electrons. The van der Waals surface area contributed by atoms with Crippen LogP contribution in [0.5, 0.6) is 0 Å². The first kappa shape index (κ1) is 16.5. The zero-order valence-corrected chi connectivity index (χ0v) is 12.9. The zero-order valence-electron chi connectivity index (χ0n) is 12.1. The maximum atomic E-state index is 11.8. The molecule has 0 fully saturated rings. The van der Waals surface area contributed by atoms with Gasteiger partial charge in [0.2, 0.25) is 0 Å². The minimum Gasteiger partial charge on any atom is -0.383 e. The average Bonchev–Trinajstić information content (AvgIpc) is 2.33. The van der Waals surface area contributed by atoms with Crippen molar-refractivity contribution in [3.63, 3.8) is 0 Å². The van der Waals surface area contributed by atoms with E-state index in [4.69, 9.17) is 5.73 Å². The number of aromatic nitrogens is 2. The standard InChI is InChI=1S/C12H22N4O3S/c1-4-5-6-16-10(13)9(11(17)15-12(16)18)14-8(2)7-20(3)19/h8,14H,4-7,13H2,1-3H3,(H,15,17,18). The first-order valence-corrected chi connectivity index (χ1v) is 8.28. The maximum absolute atomic E-state index is 11.8. The highest BCUT2D eigenvalue weighted by Crippen LogP contribution is 2.12. The summed E-state index contributed by atoms with van der Waals surface area (Å²) in [7, 11) is -0.981. The van der Waals surface area contributed by atoms with Crippen LogP contribution in [0.15, 0.2) is 9.59 Å². The molecule has 7 nitrogen and oxygen atoms in total. The van der Waals surface area contributed by atoms with Crippen molar-refractivity contribution in [2.75, 3.05) is 23.1 Å². The van der Waals surface area contributed by atoms with Gasteiger partial charge in [0.1, 0.15) is 11.5 Å². The van der Waals surface area contributed by atoms with Crippen LogP contribution >= 0.6 is 0 Å². The SMILES string of the molecule is CCCCn1c(N)c(NC(C)CS(C)=O)c(=O)[nH]c1=O. The summed E-state index contributed by atoms with van der Waals surface area (Å²) in [6.45, 7) is 4.27. The van der Waals surface area contributed by atoms with Crippen LogP contribution in [0.25, 0.3) is 0 Å². The van der Waals surface area contributed by atoms with E-state index in [1.54, 1.807) is 6.26 Å². The highest BCUT2D eigenvalue weighted by molar-refractivity contribution is 7.84. The molecule has 8 heteroatoms. The van der Waals surface area contributed by atoms with Crippen molar-refractivity contribution in [1.29, 1.82) is 0 Å². The van der Waals surface area contributed by atoms with Crippen molar-refractivity contribution in [2.24, 2.45) is 0 Å². The van der Waals surface area contributed by atoms with E-state index in [0.717, 1.165) is 12.8 Å². The molecule has 0 aliphatic heterocycles. The van der Waals surface area contributed by atoms with Gasteiger partial charge in [0, 0.05) is 35.4 Å². The first-order chi connectivity index (χ1) is 9.36. The summed E-state index contributed by atoms with van der Waals surface area (Å²) in [5, 5.41) is 2.93. The lowest BCUT2D eigenvalue weighted by Gasteiger charge is -2.17. The Morgan fingerprint density at radius 1 is 1.45 bits per heavy atom. The molecule has 0 aliphatic carbocycles. The fourth-order valence-electron chi connectivity index (χ4n) is 1.91. The predicted octanol–water partition coefficient (Wildman–Crippen LogP) is 0.0978. The topological polar surface area (TPSA) is 110 Å². The maximum Gasteiger partial charge on any atom is 0.330 e. The van der Waals surface area contributed by atoms with Crippen LogP contribution in [0.2, 0.25) is 0 Å². The highest BCUT2D eigenvalue weighted by atomic mass is 32.2. The summed E-state index contributed by atoms with van der Waals surface area (Å²) in [5.41, 5.74) is 5.03. The molecule has 1 aromatic rings. The minimum atomic E-state index is -0.981. The van der Waals surface area contributed by atoms with Crippen LogP contribution in [0.1, 0.15) is 26.7 Å². The third-order valence-corrected chi connectivity index (χ3v) is 3.82. The van der Waals surface area contributed by atoms with Gasteiger partial charge in [0.05, 0.1) is 0 Å². The van der Waals surface area contributed by atoms with Gasteiger partial charge in [0.25, 0.3) is 5.56 Å². The molecule has 1 aromatic heterocycles. The van der Waals surface area contributed by atoms with Gasteiger partial charge in [-0.05, 0) is 13.3 Å². The molecular formula is C12H22N4O3S. The Labute approximate surface area is 120 Å². The van der Waals surface area contributed by atoms with Gasteiger partial charge in [-0.3, -0.25) is 18.6 Å². The van der Waals surface area contributed by atoms with E-state index in [2.05, 4.69) is 10.3 Å². The van der Waals surface area contributed by atoms with Crippen molar-refractivity contribution in [2.45, 2.75) is 39.3 Å². The second-order valence-electron chi connectivity index (χ2n) is 4.81. The average molecular weight is 302 g/mol. The molecule has 0 bridgehead atoms. The van der Waals surface area contributed by atoms with E-state index in [9.17, 15) is 13.8 Å². The molecule has 1 heterocycles. The van der Waals surface area contributed by atoms with E-state index in [-0.39, 0.29) is 17.5 Å². The number of aromatic amines is 1. The predicted molar refractivity (Wildman–Crippen MR) is 82.7 cm³/mol. The summed E-state index contributed by atoms with van der Waals surface area (Å²) in [5.74, 6) is 0.522. The van der Waals surface area contributed by atoms with E-state index >= 15 is 0 Å². The summed E-state index contributed by atoms with van der Waals surface area (Å²) >= 11 is 0. The number of nitrogen functional groups attached to an aromatic ring is 1. The van der Waals surface area contributed by atoms with E-state index in [1.165, 1.54) is 4.57 Å². The molecule has 20 heavy (non-hydrogen) atoms. The molecule has 4 N–H and O–H groups in total. The molecule has 0 aromatic carbocycles. The highest BCUT2D eigenvalue weighted by Gasteiger charge is 2.14. The summed E-state index contributed by atoms with van der Waals surface area (Å²) < 4.78 is 12.5. The van der Waals surface area contributed by atoms with Crippen LogP contribution in [0.4, 0.5) is 11.5 Å². The monoisotopic (exact) mass is 302 g/mol. The number of hydrogen-bond acceptors (Lipinski definition) is 5. The third kappa shape index (κ3) is 4.22. The van der Waals surface area contributed by atoms with Crippen molar-refractivity contribution in [1.82, 2.24) is 9.55 Å². The summed E-state index contributed by atoms with van der Waals surface area (Å²) in [6.07, 6.45) is 3.30. The van der Waals surface area contributed by atoms with Gasteiger partial charge in [-0.2, -0.15) is 0 Å². The van der Waals surface area contributed by atoms with Gasteiger partial charge in [0.15, 0.2) is 0 Å². The summed E-state index contributed by atoms with van der Waals surface area (Å²) in [6, 6.07) is -0.179. The van der Waals surface area contributed by atoms with Crippen LogP contribution in [-0.2, 0) is 17.3 Å². The lowest BCUT2D eigenvalue weighted by molar-refractivity contribution is 0.605. The number of nitrogens with zero attached hydrogens (tertiary/aromatic N) is 1. The van der Waals surface area contributed by atoms with Gasteiger partial charge >= 0.3 is 5.69 Å². The number of rotatable bonds is 7. The van der Waals surface area contributed by atoms with Crippen LogP contribution < -0.4 is 22.3 Å². The van der Waals surface area contributed by atoms with E-state index in [0.29, 0.717) is 12.3 Å². The number of nitrogens with two attached hydrogens (primary N) is 1. The van der Waals surface area contributed by atoms with Crippen molar-refractivity contribution < 1.29 is 4.21 Å². The zero-order chi connectivity index (χ0) is 15.3. The quantitative estimate of drug-likeness (QED) is 0.661. The summed E-state index contributed by atoms with van der Waals surface area (Å²) in [4.78, 5) is 25.8. The minimum absolute atomic E-state index is 0.126. The van der Waals surface area contributed by atoms with Crippen molar-refractivity contribution >= 4 is 22.3 Å². The van der Waals surface area contributed by atoms with Crippen LogP contribution in [0, 0.1) is 0 Å². The van der Waals surface area contributed by atoms with Crippen molar-refractivity contribution in [3.05, 3.63) is 20.8 Å². The third-order valence-electron chi connectivity index (χ3n) is 2.85. The number of hydrogen-bond donors (Lipinski definition) is 3. The van der Waals surface area contributed by atoms with Gasteiger partial charge < -0.3 is 11.1 Å². The second-order valence-corrected chi connectivity index (χ2v) is 6.29. The van der Waals surface area contributed by atoms with Crippen LogP contribution in [-0.4, -0.2) is 31.8 Å². The van der Waals surface area contributed by atoms with E-state index in [1.807, 2.05) is 13.8 Å². The lowest BCUT2D eigenvalue weighted by Crippen LogP contribution is -2.36. The molecule has 2 unspecified atom stereocenters. The molecule has 0 saturated heterocycles. The first-order valence-electron chi connectivity index (χ1n) is 6.56. The Hall–Kier alpha value is -1.57. The molecule has 0 aliphatic rings. The Kier molecular flexibility index (Phi) is 6.00. The molecule has 0 amide bonds. The fraction of sp³-hybridized carbons (Fsp3) is 0.667. The number of H-pyrrole nitrogens is 1. The second kappa shape index (κ2) is 7.28. The molecule has 0 spiro atoms. The lowest BCUT2D eigenvalue weighted by atomic mass is 10.3. The number of unbranched alkanes of at least 4 members (excludes halogenated alkanes) is 1. The number of nitrogens with one attached hydrogen (secondary N) is 2.